The molecule has 0 spiro atoms. The molecule has 0 saturated heterocycles. The molecular weight excluding hydrogens is 347 g/mol. The molecule has 3 rings (SSSR count). The molecule has 0 aliphatic rings. The summed E-state index contributed by atoms with van der Waals surface area (Å²) >= 11 is 0. The average Bonchev–Trinajstić information content (AvgIpc) is 2.63. The molecule has 0 amide bonds. The molecule has 3 aromatic carbocycles. The van der Waals surface area contributed by atoms with Gasteiger partial charge >= 0.3 is 164 Å². The molecule has 0 aliphatic heterocycles. The predicted molar refractivity (Wildman–Crippen MR) is 122 cm³/mol. The van der Waals surface area contributed by atoms with E-state index in [1.54, 1.807) is 0 Å². The van der Waals surface area contributed by atoms with Crippen molar-refractivity contribution in [2.24, 2.45) is 0 Å². The van der Waals surface area contributed by atoms with E-state index < -0.39 is 12.9 Å². The summed E-state index contributed by atoms with van der Waals surface area (Å²) in [6.07, 6.45) is 0.727. The molecule has 1 N–H and O–H groups in total. The molecular formula is C25H31OP. The summed E-state index contributed by atoms with van der Waals surface area (Å²) in [7, 11) is -2.42. The van der Waals surface area contributed by atoms with E-state index in [4.69, 9.17) is 0 Å². The number of hydrogen-bond acceptors (Lipinski definition) is 1. The van der Waals surface area contributed by atoms with Crippen molar-refractivity contribution in [3.8, 4) is 0 Å². The molecule has 0 aliphatic carbocycles. The molecule has 27 heavy (non-hydrogen) atoms. The fourth-order valence-corrected chi connectivity index (χ4v) is 11.1. The van der Waals surface area contributed by atoms with E-state index in [-0.39, 0.29) is 5.16 Å². The van der Waals surface area contributed by atoms with Gasteiger partial charge in [0.15, 0.2) is 0 Å². The van der Waals surface area contributed by atoms with Gasteiger partial charge in [0.25, 0.3) is 0 Å². The van der Waals surface area contributed by atoms with Crippen LogP contribution in [0, 0.1) is 0 Å². The van der Waals surface area contributed by atoms with Gasteiger partial charge in [0.2, 0.25) is 0 Å². The van der Waals surface area contributed by atoms with Crippen LogP contribution in [0.5, 0.6) is 0 Å². The van der Waals surface area contributed by atoms with E-state index >= 15 is 0 Å². The molecule has 0 radical (unpaired) electrons. The Kier molecular flexibility index (Phi) is 5.56. The Hall–Kier alpha value is -1.95. The van der Waals surface area contributed by atoms with Crippen LogP contribution in [0.25, 0.3) is 0 Å². The third-order valence-corrected chi connectivity index (χ3v) is 11.3. The Balaban J connectivity index is 2.40. The second kappa shape index (κ2) is 7.58. The Morgan fingerprint density at radius 3 is 1.15 bits per heavy atom. The molecule has 0 fully saturated rings. The van der Waals surface area contributed by atoms with Crippen LogP contribution in [-0.4, -0.2) is 15.9 Å². The van der Waals surface area contributed by atoms with E-state index in [1.807, 2.05) is 13.8 Å². The fourth-order valence-electron chi connectivity index (χ4n) is 4.95. The van der Waals surface area contributed by atoms with Crippen LogP contribution in [0.3, 0.4) is 0 Å². The van der Waals surface area contributed by atoms with Crippen molar-refractivity contribution in [2.45, 2.75) is 44.9 Å². The minimum absolute atomic E-state index is 0.102. The van der Waals surface area contributed by atoms with Gasteiger partial charge in [0.05, 0.1) is 0 Å². The first-order valence-electron chi connectivity index (χ1n) is 9.66. The van der Waals surface area contributed by atoms with Gasteiger partial charge in [-0.1, -0.05) is 0 Å². The SMILES string of the molecule is CC(C)(O)CC(C)(C)[PH](c1ccccc1)(c1ccccc1)c1ccccc1. The van der Waals surface area contributed by atoms with Crippen LogP contribution < -0.4 is 15.9 Å². The number of aliphatic hydroxyl groups is 1. The standard InChI is InChI=1S/C25H31OP/c1-24(2,26)20-25(3,4)27(21-14-8-5-9-15-21,22-16-10-6-11-17-22)23-18-12-7-13-19-23/h5-19,26-27H,20H2,1-4H3. The summed E-state index contributed by atoms with van der Waals surface area (Å²) in [4.78, 5) is 0. The van der Waals surface area contributed by atoms with Crippen molar-refractivity contribution in [3.63, 3.8) is 0 Å². The van der Waals surface area contributed by atoms with Crippen LogP contribution in [0.1, 0.15) is 34.1 Å². The second-order valence-electron chi connectivity index (χ2n) is 8.72. The first-order valence-corrected chi connectivity index (χ1v) is 11.7. The van der Waals surface area contributed by atoms with E-state index in [1.165, 1.54) is 15.9 Å². The average molecular weight is 378 g/mol. The van der Waals surface area contributed by atoms with E-state index in [0.717, 1.165) is 6.42 Å². The fraction of sp³-hybridized carbons (Fsp3) is 0.280. The molecule has 3 aromatic rings. The molecule has 0 bridgehead atoms. The minimum atomic E-state index is -2.42. The predicted octanol–water partition coefficient (Wildman–Crippen LogP) is 4.65. The second-order valence-corrected chi connectivity index (χ2v) is 13.3. The van der Waals surface area contributed by atoms with Crippen molar-refractivity contribution in [2.75, 3.05) is 0 Å². The van der Waals surface area contributed by atoms with Crippen LogP contribution >= 0.6 is 7.26 Å². The van der Waals surface area contributed by atoms with Gasteiger partial charge in [-0.15, -0.1) is 0 Å². The van der Waals surface area contributed by atoms with Crippen molar-refractivity contribution < 1.29 is 5.11 Å². The Bertz CT molecular complexity index is 752. The summed E-state index contributed by atoms with van der Waals surface area (Å²) in [5.74, 6) is 0. The molecule has 0 unspecified atom stereocenters. The maximum atomic E-state index is 10.8. The van der Waals surface area contributed by atoms with E-state index in [9.17, 15) is 5.11 Å². The van der Waals surface area contributed by atoms with Crippen LogP contribution in [0.15, 0.2) is 91.0 Å². The van der Waals surface area contributed by atoms with E-state index in [2.05, 4.69) is 105 Å². The molecule has 0 atom stereocenters. The summed E-state index contributed by atoms with van der Waals surface area (Å²) < 4.78 is 0. The van der Waals surface area contributed by atoms with Gasteiger partial charge < -0.3 is 0 Å². The first kappa shape index (κ1) is 19.8. The number of hydrogen-bond donors (Lipinski definition) is 1. The summed E-state index contributed by atoms with van der Waals surface area (Å²) in [5.41, 5.74) is -0.736. The molecule has 2 heteroatoms. The van der Waals surface area contributed by atoms with Crippen molar-refractivity contribution in [3.05, 3.63) is 91.0 Å². The number of benzene rings is 3. The summed E-state index contributed by atoms with van der Waals surface area (Å²) in [5, 5.41) is 14.8. The normalized spacial score (nSPS) is 13.4. The Labute approximate surface area is 164 Å². The van der Waals surface area contributed by atoms with Crippen LogP contribution in [-0.2, 0) is 0 Å². The van der Waals surface area contributed by atoms with E-state index in [0.29, 0.717) is 0 Å². The van der Waals surface area contributed by atoms with Gasteiger partial charge in [-0.05, 0) is 0 Å². The van der Waals surface area contributed by atoms with Crippen LogP contribution in [0.2, 0.25) is 0 Å². The zero-order chi connectivity index (χ0) is 19.5. The molecule has 0 saturated carbocycles. The van der Waals surface area contributed by atoms with Crippen molar-refractivity contribution in [1.29, 1.82) is 0 Å². The molecule has 0 aromatic heterocycles. The topological polar surface area (TPSA) is 20.2 Å². The van der Waals surface area contributed by atoms with Gasteiger partial charge in [0.1, 0.15) is 0 Å². The Morgan fingerprint density at radius 2 is 0.889 bits per heavy atom. The summed E-state index contributed by atoms with van der Waals surface area (Å²) in [6.45, 7) is 8.53. The molecule has 1 nitrogen and oxygen atoms in total. The first-order chi connectivity index (χ1) is 12.8. The van der Waals surface area contributed by atoms with Crippen molar-refractivity contribution >= 4 is 23.2 Å². The number of rotatable bonds is 6. The van der Waals surface area contributed by atoms with Crippen LogP contribution in [0.4, 0.5) is 0 Å². The monoisotopic (exact) mass is 378 g/mol. The van der Waals surface area contributed by atoms with Gasteiger partial charge in [0, 0.05) is 0 Å². The Morgan fingerprint density at radius 1 is 0.593 bits per heavy atom. The molecule has 142 valence electrons. The van der Waals surface area contributed by atoms with Gasteiger partial charge in [-0.25, -0.2) is 0 Å². The molecule has 0 heterocycles. The zero-order valence-electron chi connectivity index (χ0n) is 16.8. The van der Waals surface area contributed by atoms with Crippen molar-refractivity contribution in [1.82, 2.24) is 0 Å². The third kappa shape index (κ3) is 3.86. The van der Waals surface area contributed by atoms with Gasteiger partial charge in [-0.2, -0.15) is 0 Å². The van der Waals surface area contributed by atoms with Gasteiger partial charge in [-0.3, -0.25) is 0 Å². The maximum absolute atomic E-state index is 10.8. The zero-order valence-corrected chi connectivity index (χ0v) is 17.8. The quantitative estimate of drug-likeness (QED) is 0.619. The summed E-state index contributed by atoms with van der Waals surface area (Å²) in [6, 6.07) is 32.8. The third-order valence-electron chi connectivity index (χ3n) is 5.51.